The molecule has 19 heavy (non-hydrogen) atoms. The number of nitrogens with zero attached hydrogens (tertiary/aromatic N) is 2. The summed E-state index contributed by atoms with van der Waals surface area (Å²) in [5.74, 6) is 0.630. The van der Waals surface area contributed by atoms with Crippen molar-refractivity contribution in [1.82, 2.24) is 9.78 Å². The lowest BCUT2D eigenvalue weighted by molar-refractivity contribution is -0.118. The van der Waals surface area contributed by atoms with Crippen molar-refractivity contribution in [1.29, 1.82) is 0 Å². The topological polar surface area (TPSA) is 46.9 Å². The molecule has 2 rings (SSSR count). The fourth-order valence-electron chi connectivity index (χ4n) is 1.60. The first-order valence-corrected chi connectivity index (χ1v) is 6.51. The highest BCUT2D eigenvalue weighted by atomic mass is 35.5. The number of rotatable bonds is 4. The molecule has 100 valence electrons. The Morgan fingerprint density at radius 2 is 2.00 bits per heavy atom. The molecule has 1 amide bonds. The lowest BCUT2D eigenvalue weighted by atomic mass is 10.2. The van der Waals surface area contributed by atoms with Gasteiger partial charge in [0.25, 0.3) is 0 Å². The van der Waals surface area contributed by atoms with Crippen LogP contribution in [0.2, 0.25) is 5.02 Å². The number of aromatic nitrogens is 2. The van der Waals surface area contributed by atoms with Gasteiger partial charge in [-0.1, -0.05) is 37.6 Å². The zero-order valence-electron chi connectivity index (χ0n) is 10.9. The number of benzene rings is 1. The molecule has 0 aliphatic carbocycles. The van der Waals surface area contributed by atoms with Crippen molar-refractivity contribution in [3.05, 3.63) is 47.1 Å². The van der Waals surface area contributed by atoms with Gasteiger partial charge in [-0.3, -0.25) is 4.79 Å². The van der Waals surface area contributed by atoms with Crippen molar-refractivity contribution in [3.63, 3.8) is 0 Å². The van der Waals surface area contributed by atoms with Crippen molar-refractivity contribution in [2.75, 3.05) is 5.32 Å². The van der Waals surface area contributed by atoms with Crippen LogP contribution in [0.1, 0.15) is 19.4 Å². The third-order valence-corrected chi connectivity index (χ3v) is 2.99. The van der Waals surface area contributed by atoms with Gasteiger partial charge in [0.1, 0.15) is 5.82 Å². The Morgan fingerprint density at radius 1 is 1.32 bits per heavy atom. The lowest BCUT2D eigenvalue weighted by Crippen LogP contribution is -2.20. The van der Waals surface area contributed by atoms with E-state index >= 15 is 0 Å². The van der Waals surface area contributed by atoms with Gasteiger partial charge in [0.05, 0.1) is 12.7 Å². The summed E-state index contributed by atoms with van der Waals surface area (Å²) < 4.78 is 1.75. The highest BCUT2D eigenvalue weighted by Gasteiger charge is 2.10. The molecule has 1 heterocycles. The number of hydrogen-bond donors (Lipinski definition) is 1. The Hall–Kier alpha value is -1.81. The summed E-state index contributed by atoms with van der Waals surface area (Å²) in [4.78, 5) is 11.7. The summed E-state index contributed by atoms with van der Waals surface area (Å²) in [5.41, 5.74) is 1.08. The van der Waals surface area contributed by atoms with E-state index in [2.05, 4.69) is 10.4 Å². The molecule has 0 saturated heterocycles. The number of nitrogens with one attached hydrogen (secondary N) is 1. The molecule has 0 bridgehead atoms. The molecular weight excluding hydrogens is 262 g/mol. The molecule has 0 atom stereocenters. The first-order valence-electron chi connectivity index (χ1n) is 6.13. The first-order chi connectivity index (χ1) is 9.06. The second-order valence-electron chi connectivity index (χ2n) is 4.64. The molecule has 0 fully saturated rings. The Bertz CT molecular complexity index is 560. The average molecular weight is 278 g/mol. The molecule has 2 aromatic rings. The van der Waals surface area contributed by atoms with Gasteiger partial charge in [-0.2, -0.15) is 5.10 Å². The van der Waals surface area contributed by atoms with Crippen LogP contribution in [-0.2, 0) is 11.3 Å². The van der Waals surface area contributed by atoms with E-state index in [0.717, 1.165) is 5.56 Å². The minimum absolute atomic E-state index is 0.0159. The van der Waals surface area contributed by atoms with Gasteiger partial charge in [0.2, 0.25) is 5.91 Å². The molecule has 0 aliphatic rings. The SMILES string of the molecule is CC(C)C(=O)Nc1ccnn1Cc1ccc(Cl)cc1. The highest BCUT2D eigenvalue weighted by Crippen LogP contribution is 2.14. The number of hydrogen-bond acceptors (Lipinski definition) is 2. The van der Waals surface area contributed by atoms with Crippen LogP contribution in [0.5, 0.6) is 0 Å². The molecule has 0 aliphatic heterocycles. The summed E-state index contributed by atoms with van der Waals surface area (Å²) in [6.07, 6.45) is 1.67. The van der Waals surface area contributed by atoms with Gasteiger partial charge < -0.3 is 5.32 Å². The molecular formula is C14H16ClN3O. The number of carbonyl (C=O) groups excluding carboxylic acids is 1. The number of halogens is 1. The van der Waals surface area contributed by atoms with Gasteiger partial charge in [-0.15, -0.1) is 0 Å². The minimum atomic E-state index is -0.0566. The molecule has 0 radical (unpaired) electrons. The Kier molecular flexibility index (Phi) is 4.22. The smallest absolute Gasteiger partial charge is 0.228 e. The number of amides is 1. The predicted octanol–water partition coefficient (Wildman–Crippen LogP) is 3.18. The molecule has 1 N–H and O–H groups in total. The van der Waals surface area contributed by atoms with Gasteiger partial charge in [0, 0.05) is 17.0 Å². The lowest BCUT2D eigenvalue weighted by Gasteiger charge is -2.10. The summed E-state index contributed by atoms with van der Waals surface area (Å²) in [6.45, 7) is 4.31. The zero-order chi connectivity index (χ0) is 13.8. The van der Waals surface area contributed by atoms with E-state index < -0.39 is 0 Å². The molecule has 5 heteroatoms. The highest BCUT2D eigenvalue weighted by molar-refractivity contribution is 6.30. The fraction of sp³-hybridized carbons (Fsp3) is 0.286. The summed E-state index contributed by atoms with van der Waals surface area (Å²) in [5, 5.41) is 7.78. The summed E-state index contributed by atoms with van der Waals surface area (Å²) in [6, 6.07) is 9.35. The third-order valence-electron chi connectivity index (χ3n) is 2.74. The van der Waals surface area contributed by atoms with Crippen LogP contribution in [-0.4, -0.2) is 15.7 Å². The average Bonchev–Trinajstić information content (AvgIpc) is 2.79. The second-order valence-corrected chi connectivity index (χ2v) is 5.08. The van der Waals surface area contributed by atoms with Crippen molar-refractivity contribution in [2.45, 2.75) is 20.4 Å². The van der Waals surface area contributed by atoms with Gasteiger partial charge in [-0.05, 0) is 17.7 Å². The van der Waals surface area contributed by atoms with Crippen LogP contribution < -0.4 is 5.32 Å². The van der Waals surface area contributed by atoms with E-state index in [1.165, 1.54) is 0 Å². The van der Waals surface area contributed by atoms with Crippen molar-refractivity contribution in [2.24, 2.45) is 5.92 Å². The van der Waals surface area contributed by atoms with E-state index in [1.54, 1.807) is 16.9 Å². The summed E-state index contributed by atoms with van der Waals surface area (Å²) >= 11 is 5.85. The minimum Gasteiger partial charge on any atom is -0.311 e. The van der Waals surface area contributed by atoms with Crippen LogP contribution in [0.3, 0.4) is 0 Å². The van der Waals surface area contributed by atoms with E-state index in [4.69, 9.17) is 11.6 Å². The molecule has 4 nitrogen and oxygen atoms in total. The van der Waals surface area contributed by atoms with E-state index in [9.17, 15) is 4.79 Å². The van der Waals surface area contributed by atoms with Crippen LogP contribution in [0.15, 0.2) is 36.5 Å². The number of anilines is 1. The maximum absolute atomic E-state index is 11.7. The van der Waals surface area contributed by atoms with E-state index in [1.807, 2.05) is 38.1 Å². The quantitative estimate of drug-likeness (QED) is 0.933. The Morgan fingerprint density at radius 3 is 2.63 bits per heavy atom. The van der Waals surface area contributed by atoms with Crippen molar-refractivity contribution in [3.8, 4) is 0 Å². The van der Waals surface area contributed by atoms with Crippen LogP contribution in [0, 0.1) is 5.92 Å². The van der Waals surface area contributed by atoms with Gasteiger partial charge >= 0.3 is 0 Å². The van der Waals surface area contributed by atoms with Crippen LogP contribution in [0.25, 0.3) is 0 Å². The molecule has 0 spiro atoms. The third kappa shape index (κ3) is 3.58. The maximum Gasteiger partial charge on any atom is 0.228 e. The fourth-order valence-corrected chi connectivity index (χ4v) is 1.72. The number of carbonyl (C=O) groups is 1. The summed E-state index contributed by atoms with van der Waals surface area (Å²) in [7, 11) is 0. The molecule has 1 aromatic carbocycles. The van der Waals surface area contributed by atoms with E-state index in [-0.39, 0.29) is 11.8 Å². The zero-order valence-corrected chi connectivity index (χ0v) is 11.7. The standard InChI is InChI=1S/C14H16ClN3O/c1-10(2)14(19)17-13-7-8-16-18(13)9-11-3-5-12(15)6-4-11/h3-8,10H,9H2,1-2H3,(H,17,19). The van der Waals surface area contributed by atoms with Crippen molar-refractivity contribution < 1.29 is 4.79 Å². The largest absolute Gasteiger partial charge is 0.311 e. The first kappa shape index (κ1) is 13.6. The Balaban J connectivity index is 2.11. The normalized spacial score (nSPS) is 10.7. The van der Waals surface area contributed by atoms with Crippen LogP contribution >= 0.6 is 11.6 Å². The molecule has 1 aromatic heterocycles. The Labute approximate surface area is 117 Å². The van der Waals surface area contributed by atoms with Crippen LogP contribution in [0.4, 0.5) is 5.82 Å². The monoisotopic (exact) mass is 277 g/mol. The predicted molar refractivity (Wildman–Crippen MR) is 76.2 cm³/mol. The van der Waals surface area contributed by atoms with E-state index in [0.29, 0.717) is 17.4 Å². The second kappa shape index (κ2) is 5.89. The maximum atomic E-state index is 11.7. The molecule has 0 saturated carbocycles. The van der Waals surface area contributed by atoms with Gasteiger partial charge in [0.15, 0.2) is 0 Å². The van der Waals surface area contributed by atoms with Crippen molar-refractivity contribution >= 4 is 23.3 Å². The van der Waals surface area contributed by atoms with Gasteiger partial charge in [-0.25, -0.2) is 4.68 Å². The molecule has 0 unspecified atom stereocenters.